The number of hydrogen-bond donors (Lipinski definition) is 1. The second-order valence-electron chi connectivity index (χ2n) is 2.64. The van der Waals surface area contributed by atoms with Gasteiger partial charge in [0.2, 0.25) is 0 Å². The van der Waals surface area contributed by atoms with Crippen molar-refractivity contribution in [1.82, 2.24) is 9.97 Å². The highest BCUT2D eigenvalue weighted by molar-refractivity contribution is 7.99. The van der Waals surface area contributed by atoms with Gasteiger partial charge in [-0.15, -0.1) is 11.8 Å². The van der Waals surface area contributed by atoms with Crippen molar-refractivity contribution >= 4 is 17.7 Å². The van der Waals surface area contributed by atoms with Gasteiger partial charge in [0, 0.05) is 24.8 Å². The Morgan fingerprint density at radius 2 is 2.47 bits per heavy atom. The molecule has 0 aliphatic heterocycles. The normalized spacial score (nSPS) is 12.3. The number of hydrogen-bond acceptors (Lipinski definition) is 5. The average Bonchev–Trinajstić information content (AvgIpc) is 2.25. The molecule has 15 heavy (non-hydrogen) atoms. The van der Waals surface area contributed by atoms with Gasteiger partial charge in [0.05, 0.1) is 6.20 Å². The van der Waals surface area contributed by atoms with Crippen molar-refractivity contribution in [2.24, 2.45) is 0 Å². The van der Waals surface area contributed by atoms with E-state index < -0.39 is 12.1 Å². The van der Waals surface area contributed by atoms with E-state index >= 15 is 0 Å². The Morgan fingerprint density at radius 1 is 1.67 bits per heavy atom. The number of carboxylic acids is 1. The molecule has 0 aromatic carbocycles. The van der Waals surface area contributed by atoms with Crippen LogP contribution in [0.3, 0.4) is 0 Å². The molecule has 82 valence electrons. The molecule has 0 radical (unpaired) electrons. The van der Waals surface area contributed by atoms with Crippen molar-refractivity contribution in [1.29, 1.82) is 0 Å². The van der Waals surface area contributed by atoms with Crippen LogP contribution >= 0.6 is 11.8 Å². The first kappa shape index (κ1) is 11.9. The number of thioether (sulfide) groups is 1. The summed E-state index contributed by atoms with van der Waals surface area (Å²) in [6.45, 7) is 2.15. The molecule has 1 rings (SSSR count). The van der Waals surface area contributed by atoms with E-state index in [1.54, 1.807) is 25.5 Å². The molecule has 0 saturated heterocycles. The molecule has 0 fully saturated rings. The third-order valence-corrected chi connectivity index (χ3v) is 2.54. The van der Waals surface area contributed by atoms with Gasteiger partial charge in [0.25, 0.3) is 0 Å². The highest BCUT2D eigenvalue weighted by Crippen LogP contribution is 2.15. The first-order valence-corrected chi connectivity index (χ1v) is 5.45. The number of rotatable bonds is 6. The van der Waals surface area contributed by atoms with Gasteiger partial charge in [-0.25, -0.2) is 9.78 Å². The number of aromatic nitrogens is 2. The summed E-state index contributed by atoms with van der Waals surface area (Å²) in [5, 5.41) is 9.51. The van der Waals surface area contributed by atoms with Crippen molar-refractivity contribution in [3.05, 3.63) is 18.6 Å². The second-order valence-corrected chi connectivity index (χ2v) is 3.68. The van der Waals surface area contributed by atoms with Crippen LogP contribution in [0.25, 0.3) is 0 Å². The molecule has 1 heterocycles. The van der Waals surface area contributed by atoms with Gasteiger partial charge in [-0.1, -0.05) is 0 Å². The molecule has 0 aliphatic carbocycles. The van der Waals surface area contributed by atoms with Crippen LogP contribution in [0.5, 0.6) is 0 Å². The van der Waals surface area contributed by atoms with Crippen LogP contribution in [-0.4, -0.2) is 39.5 Å². The number of ether oxygens (including phenoxy) is 1. The Hall–Kier alpha value is -1.14. The third-order valence-electron chi connectivity index (χ3n) is 1.57. The Bertz CT molecular complexity index is 307. The van der Waals surface area contributed by atoms with Gasteiger partial charge in [-0.2, -0.15) is 0 Å². The summed E-state index contributed by atoms with van der Waals surface area (Å²) in [7, 11) is 0. The molecule has 1 unspecified atom stereocenters. The summed E-state index contributed by atoms with van der Waals surface area (Å²) in [6, 6.07) is 0. The SMILES string of the molecule is CCOC(CSc1cnccn1)C(=O)O. The molecule has 6 heteroatoms. The number of nitrogens with zero attached hydrogens (tertiary/aromatic N) is 2. The van der Waals surface area contributed by atoms with E-state index in [0.29, 0.717) is 17.4 Å². The quantitative estimate of drug-likeness (QED) is 0.734. The summed E-state index contributed by atoms with van der Waals surface area (Å²) in [4.78, 5) is 18.6. The number of carbonyl (C=O) groups is 1. The maximum Gasteiger partial charge on any atom is 0.333 e. The predicted molar refractivity (Wildman–Crippen MR) is 55.8 cm³/mol. The summed E-state index contributed by atoms with van der Waals surface area (Å²) in [5.41, 5.74) is 0. The van der Waals surface area contributed by atoms with Crippen LogP contribution in [0.4, 0.5) is 0 Å². The maximum absolute atomic E-state index is 10.7. The summed E-state index contributed by atoms with van der Waals surface area (Å²) >= 11 is 1.32. The van der Waals surface area contributed by atoms with E-state index in [4.69, 9.17) is 9.84 Å². The minimum Gasteiger partial charge on any atom is -0.479 e. The van der Waals surface area contributed by atoms with Crippen LogP contribution in [0.1, 0.15) is 6.92 Å². The topological polar surface area (TPSA) is 72.3 Å². The minimum atomic E-state index is -0.951. The van der Waals surface area contributed by atoms with Crippen molar-refractivity contribution in [3.8, 4) is 0 Å². The molecule has 0 aliphatic rings. The molecule has 1 aromatic heterocycles. The molecule has 1 atom stereocenters. The second kappa shape index (κ2) is 6.36. The predicted octanol–water partition coefficient (Wildman–Crippen LogP) is 1.06. The zero-order valence-electron chi connectivity index (χ0n) is 8.29. The van der Waals surface area contributed by atoms with Gasteiger partial charge >= 0.3 is 5.97 Å². The van der Waals surface area contributed by atoms with Crippen LogP contribution < -0.4 is 0 Å². The molecule has 0 bridgehead atoms. The van der Waals surface area contributed by atoms with E-state index in [9.17, 15) is 4.79 Å². The molecular weight excluding hydrogens is 216 g/mol. The average molecular weight is 228 g/mol. The lowest BCUT2D eigenvalue weighted by molar-refractivity contribution is -0.148. The third kappa shape index (κ3) is 4.26. The summed E-state index contributed by atoms with van der Waals surface area (Å²) < 4.78 is 5.06. The van der Waals surface area contributed by atoms with Gasteiger partial charge in [-0.05, 0) is 6.92 Å². The fourth-order valence-electron chi connectivity index (χ4n) is 0.913. The maximum atomic E-state index is 10.7. The number of aliphatic carboxylic acids is 1. The van der Waals surface area contributed by atoms with Gasteiger partial charge < -0.3 is 9.84 Å². The largest absolute Gasteiger partial charge is 0.479 e. The molecule has 0 saturated carbocycles. The molecule has 5 nitrogen and oxygen atoms in total. The Labute approximate surface area is 91.9 Å². The lowest BCUT2D eigenvalue weighted by Crippen LogP contribution is -2.26. The van der Waals surface area contributed by atoms with Crippen LogP contribution in [-0.2, 0) is 9.53 Å². The lowest BCUT2D eigenvalue weighted by atomic mass is 10.4. The van der Waals surface area contributed by atoms with Crippen LogP contribution in [0.2, 0.25) is 0 Å². The fourth-order valence-corrected chi connectivity index (χ4v) is 1.74. The highest BCUT2D eigenvalue weighted by Gasteiger charge is 2.17. The molecule has 1 aromatic rings. The van der Waals surface area contributed by atoms with E-state index in [1.165, 1.54) is 11.8 Å². The van der Waals surface area contributed by atoms with E-state index in [-0.39, 0.29) is 0 Å². The standard InChI is InChI=1S/C9H12N2O3S/c1-2-14-7(9(12)13)6-15-8-5-10-3-4-11-8/h3-5,7H,2,6H2,1H3,(H,12,13). The Balaban J connectivity index is 2.43. The Kier molecular flexibility index (Phi) is 5.06. The first-order chi connectivity index (χ1) is 7.24. The van der Waals surface area contributed by atoms with Crippen molar-refractivity contribution in [3.63, 3.8) is 0 Å². The molecule has 0 amide bonds. The fraction of sp³-hybridized carbons (Fsp3) is 0.444. The molecular formula is C9H12N2O3S. The molecule has 1 N–H and O–H groups in total. The van der Waals surface area contributed by atoms with Gasteiger partial charge in [0.15, 0.2) is 6.10 Å². The number of carboxylic acid groups (broad SMARTS) is 1. The Morgan fingerprint density at radius 3 is 3.00 bits per heavy atom. The van der Waals surface area contributed by atoms with Crippen molar-refractivity contribution in [2.75, 3.05) is 12.4 Å². The smallest absolute Gasteiger partial charge is 0.333 e. The zero-order valence-corrected chi connectivity index (χ0v) is 9.11. The van der Waals surface area contributed by atoms with Gasteiger partial charge in [-0.3, -0.25) is 4.98 Å². The summed E-state index contributed by atoms with van der Waals surface area (Å²) in [6.07, 6.45) is 3.94. The zero-order chi connectivity index (χ0) is 11.1. The van der Waals surface area contributed by atoms with E-state index in [1.807, 2.05) is 0 Å². The van der Waals surface area contributed by atoms with E-state index in [2.05, 4.69) is 9.97 Å². The lowest BCUT2D eigenvalue weighted by Gasteiger charge is -2.10. The van der Waals surface area contributed by atoms with Crippen molar-refractivity contribution < 1.29 is 14.6 Å². The van der Waals surface area contributed by atoms with Crippen LogP contribution in [0.15, 0.2) is 23.6 Å². The van der Waals surface area contributed by atoms with E-state index in [0.717, 1.165) is 0 Å². The van der Waals surface area contributed by atoms with Gasteiger partial charge in [0.1, 0.15) is 5.03 Å². The van der Waals surface area contributed by atoms with Crippen LogP contribution in [0, 0.1) is 0 Å². The summed E-state index contributed by atoms with van der Waals surface area (Å²) in [5.74, 6) is -0.616. The van der Waals surface area contributed by atoms with Crippen molar-refractivity contribution in [2.45, 2.75) is 18.1 Å². The first-order valence-electron chi connectivity index (χ1n) is 4.47. The monoisotopic (exact) mass is 228 g/mol. The molecule has 0 spiro atoms. The minimum absolute atomic E-state index is 0.335. The highest BCUT2D eigenvalue weighted by atomic mass is 32.2.